The molecule has 0 radical (unpaired) electrons. The van der Waals surface area contributed by atoms with Gasteiger partial charge in [-0.25, -0.2) is 0 Å². The van der Waals surface area contributed by atoms with Crippen LogP contribution < -0.4 is 5.73 Å². The molecule has 3 N–H and O–H groups in total. The number of nitrogens with one attached hydrogen (secondary N) is 1. The number of aromatic nitrogens is 2. The lowest BCUT2D eigenvalue weighted by Gasteiger charge is -2.32. The van der Waals surface area contributed by atoms with E-state index in [2.05, 4.69) is 10.2 Å². The molecule has 2 aromatic rings. The average molecular weight is 284 g/mol. The maximum absolute atomic E-state index is 12.7. The van der Waals surface area contributed by atoms with Gasteiger partial charge in [-0.3, -0.25) is 9.89 Å². The van der Waals surface area contributed by atoms with Crippen LogP contribution in [-0.2, 0) is 0 Å². The highest BCUT2D eigenvalue weighted by molar-refractivity contribution is 5.99. The normalized spacial score (nSPS) is 18.7. The molecule has 1 atom stereocenters. The molecule has 0 bridgehead atoms. The number of carbonyl (C=O) groups excluding carboxylic acids is 1. The number of hydrogen-bond acceptors (Lipinski definition) is 3. The van der Waals surface area contributed by atoms with Crippen LogP contribution in [0.4, 0.5) is 5.69 Å². The number of rotatable bonds is 2. The van der Waals surface area contributed by atoms with Crippen LogP contribution in [0.3, 0.4) is 0 Å². The van der Waals surface area contributed by atoms with Crippen molar-refractivity contribution in [2.24, 2.45) is 0 Å². The smallest absolute Gasteiger partial charge is 0.255 e. The fraction of sp³-hybridized carbons (Fsp3) is 0.375. The zero-order valence-electron chi connectivity index (χ0n) is 12.2. The average Bonchev–Trinajstić information content (AvgIpc) is 3.03. The van der Waals surface area contributed by atoms with Crippen molar-refractivity contribution in [1.82, 2.24) is 15.1 Å². The van der Waals surface area contributed by atoms with Gasteiger partial charge in [-0.2, -0.15) is 5.10 Å². The maximum Gasteiger partial charge on any atom is 0.255 e. The van der Waals surface area contributed by atoms with Gasteiger partial charge < -0.3 is 10.6 Å². The third-order valence-corrected chi connectivity index (χ3v) is 4.11. The number of aromatic amines is 1. The number of anilines is 1. The van der Waals surface area contributed by atoms with Crippen molar-refractivity contribution in [3.8, 4) is 0 Å². The van der Waals surface area contributed by atoms with Gasteiger partial charge in [-0.05, 0) is 38.0 Å². The van der Waals surface area contributed by atoms with Crippen LogP contribution in [0.5, 0.6) is 0 Å². The summed E-state index contributed by atoms with van der Waals surface area (Å²) in [4.78, 5) is 14.6. The van der Waals surface area contributed by atoms with E-state index in [1.807, 2.05) is 30.0 Å². The lowest BCUT2D eigenvalue weighted by atomic mass is 9.94. The fourth-order valence-corrected chi connectivity index (χ4v) is 2.94. The van der Waals surface area contributed by atoms with Gasteiger partial charge in [0, 0.05) is 36.6 Å². The molecule has 1 amide bonds. The number of nitrogens with two attached hydrogens (primary N) is 1. The molecule has 1 aliphatic heterocycles. The summed E-state index contributed by atoms with van der Waals surface area (Å²) in [6.07, 6.45) is 3.84. The Morgan fingerprint density at radius 2 is 2.29 bits per heavy atom. The standard InChI is InChI=1S/C16H20N4O/c1-11-4-5-14(17)13(9-11)16(21)20-8-2-3-12(10-20)15-6-7-18-19-15/h4-7,9,12H,2-3,8,10,17H2,1H3,(H,18,19). The number of amides is 1. The molecule has 1 aliphatic rings. The number of carbonyl (C=O) groups is 1. The zero-order valence-corrected chi connectivity index (χ0v) is 12.2. The van der Waals surface area contributed by atoms with Crippen molar-refractivity contribution in [2.45, 2.75) is 25.7 Å². The second-order valence-corrected chi connectivity index (χ2v) is 5.69. The van der Waals surface area contributed by atoms with E-state index in [4.69, 9.17) is 5.73 Å². The van der Waals surface area contributed by atoms with Crippen molar-refractivity contribution in [3.05, 3.63) is 47.3 Å². The van der Waals surface area contributed by atoms with Gasteiger partial charge >= 0.3 is 0 Å². The third kappa shape index (κ3) is 2.77. The van der Waals surface area contributed by atoms with Crippen molar-refractivity contribution >= 4 is 11.6 Å². The minimum atomic E-state index is 0.0282. The Kier molecular flexibility index (Phi) is 3.64. The van der Waals surface area contributed by atoms with E-state index in [9.17, 15) is 4.79 Å². The monoisotopic (exact) mass is 284 g/mol. The van der Waals surface area contributed by atoms with E-state index in [1.54, 1.807) is 12.3 Å². The number of aryl methyl sites for hydroxylation is 1. The van der Waals surface area contributed by atoms with Crippen LogP contribution in [0.15, 0.2) is 30.5 Å². The first-order valence-electron chi connectivity index (χ1n) is 7.30. The number of benzene rings is 1. The minimum absolute atomic E-state index is 0.0282. The zero-order chi connectivity index (χ0) is 14.8. The number of hydrogen-bond donors (Lipinski definition) is 2. The van der Waals surface area contributed by atoms with E-state index in [0.29, 0.717) is 23.7 Å². The maximum atomic E-state index is 12.7. The van der Waals surface area contributed by atoms with Crippen molar-refractivity contribution in [1.29, 1.82) is 0 Å². The molecule has 110 valence electrons. The van der Waals surface area contributed by atoms with E-state index < -0.39 is 0 Å². The van der Waals surface area contributed by atoms with Gasteiger partial charge in [-0.15, -0.1) is 0 Å². The Balaban J connectivity index is 1.79. The van der Waals surface area contributed by atoms with E-state index in [1.165, 1.54) is 0 Å². The first kappa shape index (κ1) is 13.7. The number of likely N-dealkylation sites (tertiary alicyclic amines) is 1. The number of nitrogen functional groups attached to an aromatic ring is 1. The highest BCUT2D eigenvalue weighted by Gasteiger charge is 2.27. The Morgan fingerprint density at radius 1 is 1.43 bits per heavy atom. The van der Waals surface area contributed by atoms with E-state index >= 15 is 0 Å². The first-order valence-corrected chi connectivity index (χ1v) is 7.30. The highest BCUT2D eigenvalue weighted by Crippen LogP contribution is 2.27. The molecule has 3 rings (SSSR count). The first-order chi connectivity index (χ1) is 10.1. The molecule has 1 unspecified atom stereocenters. The van der Waals surface area contributed by atoms with E-state index in [-0.39, 0.29) is 5.91 Å². The minimum Gasteiger partial charge on any atom is -0.398 e. The Morgan fingerprint density at radius 3 is 3.05 bits per heavy atom. The predicted molar refractivity (Wildman–Crippen MR) is 82.1 cm³/mol. The second kappa shape index (κ2) is 5.60. The third-order valence-electron chi connectivity index (χ3n) is 4.11. The molecule has 1 saturated heterocycles. The molecule has 1 aromatic carbocycles. The summed E-state index contributed by atoms with van der Waals surface area (Å²) >= 11 is 0. The lowest BCUT2D eigenvalue weighted by Crippen LogP contribution is -2.39. The quantitative estimate of drug-likeness (QED) is 0.831. The molecule has 2 heterocycles. The van der Waals surface area contributed by atoms with Crippen LogP contribution in [0.2, 0.25) is 0 Å². The Labute approximate surface area is 124 Å². The van der Waals surface area contributed by atoms with Crippen molar-refractivity contribution in [3.63, 3.8) is 0 Å². The molecule has 5 nitrogen and oxygen atoms in total. The molecule has 5 heteroatoms. The van der Waals surface area contributed by atoms with Crippen LogP contribution in [0.25, 0.3) is 0 Å². The topological polar surface area (TPSA) is 75.0 Å². The molecular formula is C16H20N4O. The summed E-state index contributed by atoms with van der Waals surface area (Å²) in [6.45, 7) is 3.48. The number of H-pyrrole nitrogens is 1. The highest BCUT2D eigenvalue weighted by atomic mass is 16.2. The number of piperidine rings is 1. The SMILES string of the molecule is Cc1ccc(N)c(C(=O)N2CCCC(c3ccn[nH]3)C2)c1. The van der Waals surface area contributed by atoms with Gasteiger partial charge in [0.2, 0.25) is 0 Å². The Hall–Kier alpha value is -2.30. The summed E-state index contributed by atoms with van der Waals surface area (Å²) < 4.78 is 0. The molecule has 1 fully saturated rings. The summed E-state index contributed by atoms with van der Waals surface area (Å²) in [6, 6.07) is 7.59. The Bertz CT molecular complexity index is 636. The molecule has 0 aliphatic carbocycles. The molecule has 0 spiro atoms. The molecule has 21 heavy (non-hydrogen) atoms. The van der Waals surface area contributed by atoms with Crippen LogP contribution in [0.1, 0.15) is 40.4 Å². The van der Waals surface area contributed by atoms with Crippen LogP contribution in [0, 0.1) is 6.92 Å². The summed E-state index contributed by atoms with van der Waals surface area (Å²) in [5.74, 6) is 0.358. The van der Waals surface area contributed by atoms with Gasteiger partial charge in [0.1, 0.15) is 0 Å². The van der Waals surface area contributed by atoms with Crippen LogP contribution >= 0.6 is 0 Å². The van der Waals surface area contributed by atoms with Gasteiger partial charge in [0.05, 0.1) is 5.56 Å². The van der Waals surface area contributed by atoms with Gasteiger partial charge in [0.15, 0.2) is 0 Å². The summed E-state index contributed by atoms with van der Waals surface area (Å²) in [7, 11) is 0. The van der Waals surface area contributed by atoms with Crippen LogP contribution in [-0.4, -0.2) is 34.1 Å². The largest absolute Gasteiger partial charge is 0.398 e. The summed E-state index contributed by atoms with van der Waals surface area (Å²) in [5, 5.41) is 7.02. The lowest BCUT2D eigenvalue weighted by molar-refractivity contribution is 0.0707. The fourth-order valence-electron chi connectivity index (χ4n) is 2.94. The summed E-state index contributed by atoms with van der Waals surface area (Å²) in [5.41, 5.74) is 9.28. The second-order valence-electron chi connectivity index (χ2n) is 5.69. The predicted octanol–water partition coefficient (Wildman–Crippen LogP) is 2.32. The molecule has 1 aromatic heterocycles. The van der Waals surface area contributed by atoms with Gasteiger partial charge in [0.25, 0.3) is 5.91 Å². The van der Waals surface area contributed by atoms with Crippen molar-refractivity contribution in [2.75, 3.05) is 18.8 Å². The van der Waals surface area contributed by atoms with Crippen molar-refractivity contribution < 1.29 is 4.79 Å². The molecular weight excluding hydrogens is 264 g/mol. The molecule has 0 saturated carbocycles. The van der Waals surface area contributed by atoms with Gasteiger partial charge in [-0.1, -0.05) is 11.6 Å². The number of nitrogens with zero attached hydrogens (tertiary/aromatic N) is 2. The van der Waals surface area contributed by atoms with E-state index in [0.717, 1.165) is 30.6 Å².